The molecule has 1 atom stereocenters. The van der Waals surface area contributed by atoms with Crippen LogP contribution in [0.25, 0.3) is 22.0 Å². The minimum absolute atomic E-state index is 0.203. The Balaban J connectivity index is 1.35. The van der Waals surface area contributed by atoms with Crippen molar-refractivity contribution in [3.63, 3.8) is 0 Å². The number of nitrogens with zero attached hydrogens (tertiary/aromatic N) is 2. The molecule has 0 bridgehead atoms. The number of para-hydroxylation sites is 1. The number of ether oxygens (including phenoxy) is 2. The maximum Gasteiger partial charge on any atom is 0.341 e. The average molecular weight is 547 g/mol. The predicted octanol–water partition coefficient (Wildman–Crippen LogP) is 4.02. The van der Waals surface area contributed by atoms with Crippen LogP contribution in [-0.2, 0) is 26.2 Å². The molecule has 0 saturated carbocycles. The van der Waals surface area contributed by atoms with E-state index in [0.29, 0.717) is 44.9 Å². The van der Waals surface area contributed by atoms with Crippen molar-refractivity contribution < 1.29 is 28.7 Å². The second-order valence-corrected chi connectivity index (χ2v) is 9.82. The van der Waals surface area contributed by atoms with Crippen LogP contribution in [0.15, 0.2) is 53.9 Å². The molecule has 39 heavy (non-hydrogen) atoms. The monoisotopic (exact) mass is 546 g/mol. The molecule has 2 N–H and O–H groups in total. The molecule has 3 heterocycles. The third kappa shape index (κ3) is 5.26. The number of anilines is 1. The lowest BCUT2D eigenvalue weighted by Gasteiger charge is -2.19. The highest BCUT2D eigenvalue weighted by Gasteiger charge is 2.32. The molecule has 11 heteroatoms. The number of aryl methyl sites for hydroxylation is 1. The molecule has 2 aromatic heterocycles. The summed E-state index contributed by atoms with van der Waals surface area (Å²) in [6.07, 6.45) is 0.617. The molecule has 10 nitrogen and oxygen atoms in total. The summed E-state index contributed by atoms with van der Waals surface area (Å²) in [5.74, 6) is -1.78. The van der Waals surface area contributed by atoms with Crippen LogP contribution < -0.4 is 15.4 Å². The SMILES string of the molecule is CCOC(=O)c1c(-c2ccccc2)csc1NC(=O)COc1cccc2c(C3CCC(=O)NC3=O)nn(C)c12. The van der Waals surface area contributed by atoms with Crippen molar-refractivity contribution in [2.45, 2.75) is 25.7 Å². The quantitative estimate of drug-likeness (QED) is 0.252. The lowest BCUT2D eigenvalue weighted by atomic mass is 9.93. The number of benzene rings is 2. The molecule has 1 aliphatic rings. The Hall–Kier alpha value is -4.51. The number of fused-ring (bicyclic) bond motifs is 1. The Morgan fingerprint density at radius 2 is 1.95 bits per heavy atom. The summed E-state index contributed by atoms with van der Waals surface area (Å²) in [6.45, 7) is 1.61. The van der Waals surface area contributed by atoms with Gasteiger partial charge in [0.1, 0.15) is 21.8 Å². The molecule has 1 unspecified atom stereocenters. The molecule has 0 radical (unpaired) electrons. The first kappa shape index (κ1) is 26.1. The zero-order chi connectivity index (χ0) is 27.5. The van der Waals surface area contributed by atoms with Crippen LogP contribution in [0, 0.1) is 0 Å². The fraction of sp³-hybridized carbons (Fsp3) is 0.250. The normalized spacial score (nSPS) is 15.2. The first-order chi connectivity index (χ1) is 18.9. The van der Waals surface area contributed by atoms with Crippen molar-refractivity contribution in [1.82, 2.24) is 15.1 Å². The molecule has 1 saturated heterocycles. The third-order valence-corrected chi connectivity index (χ3v) is 7.29. The van der Waals surface area contributed by atoms with E-state index < -0.39 is 17.8 Å². The van der Waals surface area contributed by atoms with Crippen molar-refractivity contribution in [2.75, 3.05) is 18.5 Å². The minimum atomic E-state index is -0.552. The number of carbonyl (C=O) groups excluding carboxylic acids is 4. The van der Waals surface area contributed by atoms with Gasteiger partial charge in [0.25, 0.3) is 5.91 Å². The van der Waals surface area contributed by atoms with E-state index in [2.05, 4.69) is 15.7 Å². The number of thiophene rings is 1. The number of hydrogen-bond donors (Lipinski definition) is 2. The molecule has 1 fully saturated rings. The van der Waals surface area contributed by atoms with E-state index in [-0.39, 0.29) is 31.4 Å². The van der Waals surface area contributed by atoms with Crippen molar-refractivity contribution >= 4 is 50.9 Å². The Morgan fingerprint density at radius 3 is 2.69 bits per heavy atom. The molecule has 5 rings (SSSR count). The van der Waals surface area contributed by atoms with E-state index in [9.17, 15) is 19.2 Å². The van der Waals surface area contributed by atoms with Gasteiger partial charge < -0.3 is 14.8 Å². The van der Waals surface area contributed by atoms with Crippen molar-refractivity contribution in [2.24, 2.45) is 7.05 Å². The fourth-order valence-corrected chi connectivity index (χ4v) is 5.62. The van der Waals surface area contributed by atoms with Crippen LogP contribution in [0.1, 0.15) is 41.7 Å². The second kappa shape index (κ2) is 11.1. The van der Waals surface area contributed by atoms with E-state index in [1.807, 2.05) is 41.8 Å². The van der Waals surface area contributed by atoms with Gasteiger partial charge in [-0.25, -0.2) is 4.79 Å². The number of hydrogen-bond acceptors (Lipinski definition) is 8. The predicted molar refractivity (Wildman–Crippen MR) is 146 cm³/mol. The number of piperidine rings is 1. The topological polar surface area (TPSA) is 129 Å². The average Bonchev–Trinajstić information content (AvgIpc) is 3.49. The maximum atomic E-state index is 12.9. The van der Waals surface area contributed by atoms with Crippen molar-refractivity contribution in [3.8, 4) is 16.9 Å². The summed E-state index contributed by atoms with van der Waals surface area (Å²) in [7, 11) is 1.73. The van der Waals surface area contributed by atoms with E-state index in [4.69, 9.17) is 9.47 Å². The Bertz CT molecular complexity index is 1580. The van der Waals surface area contributed by atoms with E-state index in [1.54, 1.807) is 30.8 Å². The van der Waals surface area contributed by atoms with Gasteiger partial charge in [0, 0.05) is 29.8 Å². The van der Waals surface area contributed by atoms with Gasteiger partial charge in [-0.3, -0.25) is 24.4 Å². The van der Waals surface area contributed by atoms with Crippen LogP contribution in [0.4, 0.5) is 5.00 Å². The molecular formula is C28H26N4O6S. The summed E-state index contributed by atoms with van der Waals surface area (Å²) in [5, 5.41) is 12.6. The lowest BCUT2D eigenvalue weighted by molar-refractivity contribution is -0.134. The van der Waals surface area contributed by atoms with Gasteiger partial charge in [-0.05, 0) is 25.0 Å². The number of carbonyl (C=O) groups is 4. The summed E-state index contributed by atoms with van der Waals surface area (Å²) in [4.78, 5) is 49.7. The Labute approximate surface area is 227 Å². The number of rotatable bonds is 8. The number of imide groups is 1. The third-order valence-electron chi connectivity index (χ3n) is 6.39. The number of aromatic nitrogens is 2. The van der Waals surface area contributed by atoms with Crippen molar-refractivity contribution in [1.29, 1.82) is 0 Å². The molecule has 0 spiro atoms. The Morgan fingerprint density at radius 1 is 1.15 bits per heavy atom. The van der Waals surface area contributed by atoms with Crippen LogP contribution in [-0.4, -0.2) is 46.7 Å². The maximum absolute atomic E-state index is 12.9. The molecule has 0 aliphatic carbocycles. The van der Waals surface area contributed by atoms with Gasteiger partial charge in [-0.1, -0.05) is 42.5 Å². The highest BCUT2D eigenvalue weighted by Crippen LogP contribution is 2.37. The molecule has 2 aromatic carbocycles. The molecule has 200 valence electrons. The van der Waals surface area contributed by atoms with Crippen LogP contribution >= 0.6 is 11.3 Å². The second-order valence-electron chi connectivity index (χ2n) is 8.94. The minimum Gasteiger partial charge on any atom is -0.481 e. The summed E-state index contributed by atoms with van der Waals surface area (Å²) < 4.78 is 12.7. The van der Waals surface area contributed by atoms with Gasteiger partial charge >= 0.3 is 5.97 Å². The van der Waals surface area contributed by atoms with E-state index >= 15 is 0 Å². The summed E-state index contributed by atoms with van der Waals surface area (Å²) >= 11 is 1.24. The lowest BCUT2D eigenvalue weighted by Crippen LogP contribution is -2.39. The zero-order valence-electron chi connectivity index (χ0n) is 21.4. The zero-order valence-corrected chi connectivity index (χ0v) is 22.2. The number of amides is 3. The van der Waals surface area contributed by atoms with Gasteiger partial charge in [-0.15, -0.1) is 11.3 Å². The van der Waals surface area contributed by atoms with Crippen LogP contribution in [0.3, 0.4) is 0 Å². The number of nitrogens with one attached hydrogen (secondary N) is 2. The van der Waals surface area contributed by atoms with E-state index in [1.165, 1.54) is 11.3 Å². The van der Waals surface area contributed by atoms with Gasteiger partial charge in [-0.2, -0.15) is 5.10 Å². The largest absolute Gasteiger partial charge is 0.481 e. The smallest absolute Gasteiger partial charge is 0.341 e. The standard InChI is InChI=1S/C28H26N4O6S/c1-3-37-28(36)23-19(16-8-5-4-6-9-16)15-39-27(23)30-22(34)14-38-20-11-7-10-17-24(31-32(2)25(17)20)18-12-13-21(33)29-26(18)35/h4-11,15,18H,3,12-14H2,1-2H3,(H,30,34)(H,29,33,35). The Kier molecular flexibility index (Phi) is 7.42. The highest BCUT2D eigenvalue weighted by atomic mass is 32.1. The highest BCUT2D eigenvalue weighted by molar-refractivity contribution is 7.15. The molecule has 3 amide bonds. The number of esters is 1. The summed E-state index contributed by atoms with van der Waals surface area (Å²) in [6, 6.07) is 14.7. The molecule has 4 aromatic rings. The van der Waals surface area contributed by atoms with Gasteiger partial charge in [0.2, 0.25) is 11.8 Å². The molecular weight excluding hydrogens is 520 g/mol. The fourth-order valence-electron chi connectivity index (χ4n) is 4.65. The summed E-state index contributed by atoms with van der Waals surface area (Å²) in [5.41, 5.74) is 2.99. The van der Waals surface area contributed by atoms with Crippen LogP contribution in [0.2, 0.25) is 0 Å². The first-order valence-corrected chi connectivity index (χ1v) is 13.3. The van der Waals surface area contributed by atoms with Crippen LogP contribution in [0.5, 0.6) is 5.75 Å². The van der Waals surface area contributed by atoms with E-state index in [0.717, 1.165) is 5.56 Å². The molecule has 1 aliphatic heterocycles. The van der Waals surface area contributed by atoms with Gasteiger partial charge in [0.05, 0.1) is 18.2 Å². The van der Waals surface area contributed by atoms with Gasteiger partial charge in [0.15, 0.2) is 6.61 Å². The van der Waals surface area contributed by atoms with Crippen molar-refractivity contribution in [3.05, 3.63) is 65.2 Å². The first-order valence-electron chi connectivity index (χ1n) is 12.4.